The number of hydrogen-bond donors (Lipinski definition) is 0. The second kappa shape index (κ2) is 14.2. The Morgan fingerprint density at radius 1 is 0.621 bits per heavy atom. The van der Waals surface area contributed by atoms with Gasteiger partial charge in [0.2, 0.25) is 10.3 Å². The van der Waals surface area contributed by atoms with Gasteiger partial charge in [0, 0.05) is 0 Å². The zero-order valence-corrected chi connectivity index (χ0v) is 29.6. The van der Waals surface area contributed by atoms with Crippen molar-refractivity contribution < 1.29 is 33.3 Å². The lowest BCUT2D eigenvalue weighted by atomic mass is 10.4. The van der Waals surface area contributed by atoms with Gasteiger partial charge in [0.1, 0.15) is 0 Å². The topological polar surface area (TPSA) is 72.5 Å². The van der Waals surface area contributed by atoms with E-state index >= 15 is 0 Å². The summed E-state index contributed by atoms with van der Waals surface area (Å²) in [7, 11) is -4.63. The highest BCUT2D eigenvalue weighted by Crippen LogP contribution is 2.56. The van der Waals surface area contributed by atoms with Gasteiger partial charge in [0.15, 0.2) is 0 Å². The second-order valence-corrected chi connectivity index (χ2v) is 17.5. The molecule has 17 heteroatoms. The normalized spacial score (nSPS) is 15.8. The van der Waals surface area contributed by atoms with Gasteiger partial charge >= 0.3 is 7.82 Å². The van der Waals surface area contributed by atoms with Crippen LogP contribution in [0.15, 0.2) is 31.7 Å². The van der Waals surface area contributed by atoms with Crippen molar-refractivity contribution in [3.63, 3.8) is 0 Å². The summed E-state index contributed by atoms with van der Waals surface area (Å²) in [5.74, 6) is 0. The molecule has 0 aliphatic heterocycles. The van der Waals surface area contributed by atoms with Crippen LogP contribution in [0.5, 0.6) is 0 Å². The van der Waals surface area contributed by atoms with Crippen molar-refractivity contribution in [2.24, 2.45) is 0 Å². The fourth-order valence-corrected chi connectivity index (χ4v) is 5.89. The summed E-state index contributed by atoms with van der Waals surface area (Å²) >= 11 is 28.6. The van der Waals surface area contributed by atoms with E-state index in [0.29, 0.717) is 16.7 Å². The van der Waals surface area contributed by atoms with E-state index in [0.717, 1.165) is 0 Å². The molecule has 0 aromatic rings. The van der Waals surface area contributed by atoms with E-state index in [9.17, 15) is 4.57 Å². The van der Waals surface area contributed by atoms with Crippen LogP contribution in [0.1, 0.15) is 20.8 Å². The van der Waals surface area contributed by atoms with Gasteiger partial charge in [-0.05, 0) is 148 Å². The van der Waals surface area contributed by atoms with Crippen molar-refractivity contribution in [3.05, 3.63) is 31.7 Å². The molecule has 7 nitrogen and oxygen atoms in total. The minimum Gasteiger partial charge on any atom is -0.220 e. The van der Waals surface area contributed by atoms with Gasteiger partial charge in [-0.3, -0.25) is 0 Å². The van der Waals surface area contributed by atoms with Crippen LogP contribution in [0.2, 0.25) is 0 Å². The number of phosphoric acid groups is 1. The molecule has 0 atom stereocenters. The predicted molar refractivity (Wildman–Crippen MR) is 144 cm³/mol. The largest absolute Gasteiger partial charge is 0.557 e. The Bertz CT molecular complexity index is 603. The summed E-state index contributed by atoms with van der Waals surface area (Å²) in [5, 5.41) is 0. The highest BCUT2D eigenvalue weighted by molar-refractivity contribution is 9.26. The molecule has 0 heterocycles. The highest BCUT2D eigenvalue weighted by atomic mass is 79.9. The Balaban J connectivity index is 5.55. The Hall–Kier alpha value is 3.53. The number of alkyl halides is 6. The Labute approximate surface area is 244 Å². The number of rotatable bonds is 12. The Kier molecular flexibility index (Phi) is 15.9. The third-order valence-corrected chi connectivity index (χ3v) is 9.94. The molecule has 0 saturated heterocycles. The lowest BCUT2D eigenvalue weighted by Crippen LogP contribution is -2.23. The van der Waals surface area contributed by atoms with Crippen LogP contribution in [0.3, 0.4) is 0 Å². The Morgan fingerprint density at radius 2 is 0.828 bits per heavy atom. The summed E-state index contributed by atoms with van der Waals surface area (Å²) in [6.45, 7) is 5.04. The third-order valence-electron chi connectivity index (χ3n) is 2.57. The summed E-state index contributed by atoms with van der Waals surface area (Å²) in [4.78, 5) is 19.9. The third kappa shape index (κ3) is 11.7. The fraction of sp³-hybridized carbons (Fsp3) is 0.500. The fourth-order valence-electron chi connectivity index (χ4n) is 0.702. The minimum absolute atomic E-state index is 0.563. The van der Waals surface area contributed by atoms with E-state index in [1.807, 2.05) is 0 Å². The predicted octanol–water partition coefficient (Wildman–Crippen LogP) is 10.2. The molecule has 0 bridgehead atoms. The van der Waals surface area contributed by atoms with Crippen molar-refractivity contribution in [2.45, 2.75) is 31.0 Å². The van der Waals surface area contributed by atoms with Crippen LogP contribution < -0.4 is 0 Å². The molecule has 0 amide bonds. The summed E-state index contributed by atoms with van der Waals surface area (Å²) in [6.07, 6.45) is 0. The van der Waals surface area contributed by atoms with Gasteiger partial charge in [-0.25, -0.2) is 4.57 Å². The van der Waals surface area contributed by atoms with E-state index in [2.05, 4.69) is 143 Å². The maximum atomic E-state index is 13.0. The molecule has 0 rings (SSSR count). The lowest BCUT2D eigenvalue weighted by molar-refractivity contribution is -0.332. The lowest BCUT2D eigenvalue weighted by Gasteiger charge is -2.26. The second-order valence-electron chi connectivity index (χ2n) is 4.85. The van der Waals surface area contributed by atoms with Crippen molar-refractivity contribution in [1.82, 2.24) is 0 Å². The summed E-state index contributed by atoms with van der Waals surface area (Å²) < 4.78 is 23.6. The van der Waals surface area contributed by atoms with Crippen LogP contribution >= 0.6 is 151 Å². The maximum absolute atomic E-state index is 13.0. The monoisotopic (exact) mass is 1010 g/mol. The van der Waals surface area contributed by atoms with Gasteiger partial charge in [-0.1, -0.05) is 47.8 Å². The van der Waals surface area contributed by atoms with Gasteiger partial charge in [-0.15, -0.1) is 14.0 Å². The molecule has 0 saturated carbocycles. The molecule has 0 fully saturated rings. The molecule has 0 spiro atoms. The Morgan fingerprint density at radius 3 is 1.00 bits per heavy atom. The maximum Gasteiger partial charge on any atom is 0.557 e. The standard InChI is InChI=1S/C12H12Br9O7P/c1-7(4-13)10(16,17)23-26-29(22,27-24-11(18,19)8(2)5-14)28-25-12(20,21)9(3)6-15/h4-6H,1-3H3/b7-4+,8-5+,9-6+. The molecule has 29 heavy (non-hydrogen) atoms. The van der Waals surface area contributed by atoms with Crippen molar-refractivity contribution >= 4 is 151 Å². The number of halogens is 9. The molecule has 0 aromatic heterocycles. The quantitative estimate of drug-likeness (QED) is 0.0835. The van der Waals surface area contributed by atoms with Crippen molar-refractivity contribution in [2.75, 3.05) is 0 Å². The highest BCUT2D eigenvalue weighted by Gasteiger charge is 2.43. The van der Waals surface area contributed by atoms with Gasteiger partial charge in [0.25, 0.3) is 0 Å². The molecule has 0 N–H and O–H groups in total. The molecule has 0 radical (unpaired) electrons. The van der Waals surface area contributed by atoms with E-state index < -0.39 is 18.1 Å². The molecule has 0 unspecified atom stereocenters. The summed E-state index contributed by atoms with van der Waals surface area (Å²) in [6, 6.07) is 0. The smallest absolute Gasteiger partial charge is 0.220 e. The van der Waals surface area contributed by atoms with Crippen LogP contribution in [-0.4, -0.2) is 10.3 Å². The first-order chi connectivity index (χ1) is 13.1. The number of hydrogen-bond acceptors (Lipinski definition) is 7. The molecular weight excluding hydrogens is 1010 g/mol. The van der Waals surface area contributed by atoms with E-state index in [-0.39, 0.29) is 0 Å². The molecular formula is C12H12Br9O7P. The zero-order valence-electron chi connectivity index (χ0n) is 14.4. The van der Waals surface area contributed by atoms with Crippen LogP contribution in [0, 0.1) is 0 Å². The SMILES string of the molecule is C/C(=C\Br)C(Br)(Br)OOP(=O)(OOC(Br)(Br)/C(C)=C/Br)OOC(Br)(Br)/C(C)=C/Br. The first-order valence-electron chi connectivity index (χ1n) is 6.75. The zero-order chi connectivity index (χ0) is 23.1. The summed E-state index contributed by atoms with van der Waals surface area (Å²) in [5.41, 5.74) is 1.69. The van der Waals surface area contributed by atoms with Crippen LogP contribution in [0.25, 0.3) is 0 Å². The molecule has 0 aliphatic carbocycles. The van der Waals surface area contributed by atoms with Crippen molar-refractivity contribution in [1.29, 1.82) is 0 Å². The average Bonchev–Trinajstić information content (AvgIpc) is 2.67. The van der Waals surface area contributed by atoms with E-state index in [1.165, 1.54) is 15.0 Å². The van der Waals surface area contributed by atoms with Crippen LogP contribution in [0.4, 0.5) is 0 Å². The van der Waals surface area contributed by atoms with Gasteiger partial charge < -0.3 is 0 Å². The van der Waals surface area contributed by atoms with E-state index in [1.54, 1.807) is 20.8 Å². The van der Waals surface area contributed by atoms with E-state index in [4.69, 9.17) is 28.7 Å². The van der Waals surface area contributed by atoms with Crippen LogP contribution in [-0.2, 0) is 33.3 Å². The molecule has 0 aromatic carbocycles. The first-order valence-corrected chi connectivity index (χ1v) is 15.7. The van der Waals surface area contributed by atoms with Gasteiger partial charge in [-0.2, -0.15) is 14.7 Å². The average molecular weight is 1020 g/mol. The minimum atomic E-state index is -4.63. The molecule has 0 aliphatic rings. The van der Waals surface area contributed by atoms with Crippen molar-refractivity contribution in [3.8, 4) is 0 Å². The van der Waals surface area contributed by atoms with Gasteiger partial charge in [0.05, 0.1) is 0 Å². The first kappa shape index (κ1) is 32.5. The molecule has 170 valence electrons.